The van der Waals surface area contributed by atoms with Crippen LogP contribution in [0.2, 0.25) is 0 Å². The number of halogens is 1. The quantitative estimate of drug-likeness (QED) is 0.603. The number of fused-ring (bicyclic) bond motifs is 2. The Morgan fingerprint density at radius 2 is 2.08 bits per heavy atom. The molecule has 2 saturated carbocycles. The van der Waals surface area contributed by atoms with Crippen molar-refractivity contribution in [2.24, 2.45) is 23.7 Å². The Kier molecular flexibility index (Phi) is 2.88. The van der Waals surface area contributed by atoms with Crippen molar-refractivity contribution in [3.8, 4) is 0 Å². The molecule has 0 aromatic rings. The molecule has 2 rings (SSSR count). The molecule has 1 heteroatoms. The van der Waals surface area contributed by atoms with E-state index in [2.05, 4.69) is 13.8 Å². The standard InChI is InChI=1S/C12H21Cl/c1-3-12(13)8(2)11-7-9-4-5-10(11)6-9/h8-12H,3-7H2,1-2H3. The molecule has 0 aliphatic heterocycles. The first-order valence-corrected chi connectivity index (χ1v) is 6.30. The molecular formula is C12H21Cl. The zero-order chi connectivity index (χ0) is 9.42. The fourth-order valence-electron chi connectivity index (χ4n) is 3.58. The van der Waals surface area contributed by atoms with Crippen LogP contribution in [-0.2, 0) is 0 Å². The first-order valence-electron chi connectivity index (χ1n) is 5.86. The molecule has 0 aromatic carbocycles. The SMILES string of the molecule is CCC(Cl)C(C)C1CC2CCC1C2. The molecule has 0 saturated heterocycles. The molecule has 13 heavy (non-hydrogen) atoms. The molecule has 0 N–H and O–H groups in total. The Labute approximate surface area is 87.0 Å². The smallest absolute Gasteiger partial charge is 0.0361 e. The summed E-state index contributed by atoms with van der Waals surface area (Å²) in [6.07, 6.45) is 7.13. The lowest BCUT2D eigenvalue weighted by molar-refractivity contribution is 0.233. The minimum atomic E-state index is 0.421. The van der Waals surface area contributed by atoms with E-state index < -0.39 is 0 Å². The van der Waals surface area contributed by atoms with Crippen LogP contribution in [0.5, 0.6) is 0 Å². The topological polar surface area (TPSA) is 0 Å². The van der Waals surface area contributed by atoms with E-state index in [4.69, 9.17) is 11.6 Å². The van der Waals surface area contributed by atoms with Crippen LogP contribution >= 0.6 is 11.6 Å². The van der Waals surface area contributed by atoms with Gasteiger partial charge in [0.15, 0.2) is 0 Å². The highest BCUT2D eigenvalue weighted by Crippen LogP contribution is 2.52. The van der Waals surface area contributed by atoms with E-state index >= 15 is 0 Å². The van der Waals surface area contributed by atoms with Gasteiger partial charge in [0.05, 0.1) is 0 Å². The average Bonchev–Trinajstić information content (AvgIpc) is 2.76. The van der Waals surface area contributed by atoms with Crippen molar-refractivity contribution < 1.29 is 0 Å². The van der Waals surface area contributed by atoms with Gasteiger partial charge in [-0.1, -0.05) is 20.3 Å². The maximum atomic E-state index is 6.33. The molecule has 0 spiro atoms. The summed E-state index contributed by atoms with van der Waals surface area (Å²) in [6.45, 7) is 4.58. The van der Waals surface area contributed by atoms with Crippen LogP contribution in [0.3, 0.4) is 0 Å². The summed E-state index contributed by atoms with van der Waals surface area (Å²) in [7, 11) is 0. The van der Waals surface area contributed by atoms with E-state index in [1.807, 2.05) is 0 Å². The Bertz CT molecular complexity index is 178. The predicted molar refractivity (Wildman–Crippen MR) is 58.0 cm³/mol. The maximum absolute atomic E-state index is 6.33. The highest BCUT2D eigenvalue weighted by molar-refractivity contribution is 6.20. The van der Waals surface area contributed by atoms with Gasteiger partial charge >= 0.3 is 0 Å². The third-order valence-corrected chi connectivity index (χ3v) is 5.13. The first kappa shape index (κ1) is 9.83. The lowest BCUT2D eigenvalue weighted by Crippen LogP contribution is -2.25. The van der Waals surface area contributed by atoms with Crippen LogP contribution in [-0.4, -0.2) is 5.38 Å². The van der Waals surface area contributed by atoms with Crippen molar-refractivity contribution in [1.82, 2.24) is 0 Å². The average molecular weight is 201 g/mol. The molecule has 0 heterocycles. The summed E-state index contributed by atoms with van der Waals surface area (Å²) in [6, 6.07) is 0. The normalized spacial score (nSPS) is 42.2. The predicted octanol–water partition coefficient (Wildman–Crippen LogP) is 4.08. The van der Waals surface area contributed by atoms with Crippen molar-refractivity contribution in [2.45, 2.75) is 51.3 Å². The molecule has 0 aromatic heterocycles. The van der Waals surface area contributed by atoms with E-state index in [0.717, 1.165) is 30.1 Å². The summed E-state index contributed by atoms with van der Waals surface area (Å²) in [5, 5.41) is 0.421. The Morgan fingerprint density at radius 1 is 1.31 bits per heavy atom. The second-order valence-corrected chi connectivity index (χ2v) is 5.68. The highest BCUT2D eigenvalue weighted by atomic mass is 35.5. The largest absolute Gasteiger partial charge is 0.123 e. The Hall–Kier alpha value is 0.290. The van der Waals surface area contributed by atoms with Gasteiger partial charge in [-0.25, -0.2) is 0 Å². The number of rotatable bonds is 3. The maximum Gasteiger partial charge on any atom is 0.0361 e. The first-order chi connectivity index (χ1) is 6.22. The minimum Gasteiger partial charge on any atom is -0.123 e. The van der Waals surface area contributed by atoms with Crippen molar-refractivity contribution >= 4 is 11.6 Å². The number of hydrogen-bond donors (Lipinski definition) is 0. The molecule has 5 unspecified atom stereocenters. The van der Waals surface area contributed by atoms with Crippen LogP contribution in [0.15, 0.2) is 0 Å². The monoisotopic (exact) mass is 200 g/mol. The molecule has 0 radical (unpaired) electrons. The van der Waals surface area contributed by atoms with Crippen molar-refractivity contribution in [3.05, 3.63) is 0 Å². The van der Waals surface area contributed by atoms with Gasteiger partial charge in [-0.05, 0) is 49.4 Å². The van der Waals surface area contributed by atoms with Gasteiger partial charge in [-0.15, -0.1) is 11.6 Å². The van der Waals surface area contributed by atoms with Crippen LogP contribution in [0.1, 0.15) is 46.0 Å². The van der Waals surface area contributed by atoms with E-state index in [9.17, 15) is 0 Å². The fourth-order valence-corrected chi connectivity index (χ4v) is 3.76. The van der Waals surface area contributed by atoms with E-state index in [0.29, 0.717) is 5.38 Å². The second-order valence-electron chi connectivity index (χ2n) is 5.12. The summed E-state index contributed by atoms with van der Waals surface area (Å²) in [4.78, 5) is 0. The summed E-state index contributed by atoms with van der Waals surface area (Å²) >= 11 is 6.33. The van der Waals surface area contributed by atoms with Gasteiger partial charge < -0.3 is 0 Å². The summed E-state index contributed by atoms with van der Waals surface area (Å²) in [5.41, 5.74) is 0. The van der Waals surface area contributed by atoms with Gasteiger partial charge in [0, 0.05) is 5.38 Å². The molecular weight excluding hydrogens is 180 g/mol. The van der Waals surface area contributed by atoms with Crippen molar-refractivity contribution in [2.75, 3.05) is 0 Å². The molecule has 2 aliphatic rings. The molecule has 76 valence electrons. The van der Waals surface area contributed by atoms with Gasteiger partial charge in [-0.2, -0.15) is 0 Å². The zero-order valence-electron chi connectivity index (χ0n) is 8.80. The summed E-state index contributed by atoms with van der Waals surface area (Å²) < 4.78 is 0. The second kappa shape index (κ2) is 3.81. The molecule has 5 atom stereocenters. The van der Waals surface area contributed by atoms with Crippen LogP contribution in [0.25, 0.3) is 0 Å². The van der Waals surface area contributed by atoms with Crippen LogP contribution in [0.4, 0.5) is 0 Å². The van der Waals surface area contributed by atoms with E-state index in [1.54, 1.807) is 0 Å². The fraction of sp³-hybridized carbons (Fsp3) is 1.00. The van der Waals surface area contributed by atoms with Crippen LogP contribution < -0.4 is 0 Å². The molecule has 2 bridgehead atoms. The highest BCUT2D eigenvalue weighted by Gasteiger charge is 2.42. The van der Waals surface area contributed by atoms with Gasteiger partial charge in [0.2, 0.25) is 0 Å². The lowest BCUT2D eigenvalue weighted by Gasteiger charge is -2.30. The van der Waals surface area contributed by atoms with Crippen LogP contribution in [0, 0.1) is 23.7 Å². The molecule has 0 nitrogen and oxygen atoms in total. The van der Waals surface area contributed by atoms with E-state index in [-0.39, 0.29) is 0 Å². The summed E-state index contributed by atoms with van der Waals surface area (Å²) in [5.74, 6) is 3.81. The Balaban J connectivity index is 1.94. The van der Waals surface area contributed by atoms with Crippen molar-refractivity contribution in [1.29, 1.82) is 0 Å². The van der Waals surface area contributed by atoms with Gasteiger partial charge in [-0.3, -0.25) is 0 Å². The van der Waals surface area contributed by atoms with E-state index in [1.165, 1.54) is 25.7 Å². The third-order valence-electron chi connectivity index (χ3n) is 4.43. The molecule has 0 amide bonds. The minimum absolute atomic E-state index is 0.421. The lowest BCUT2D eigenvalue weighted by atomic mass is 9.78. The van der Waals surface area contributed by atoms with Gasteiger partial charge in [0.25, 0.3) is 0 Å². The molecule has 2 aliphatic carbocycles. The number of alkyl halides is 1. The third kappa shape index (κ3) is 1.75. The van der Waals surface area contributed by atoms with Crippen molar-refractivity contribution in [3.63, 3.8) is 0 Å². The Morgan fingerprint density at radius 3 is 2.54 bits per heavy atom. The van der Waals surface area contributed by atoms with Gasteiger partial charge in [0.1, 0.15) is 0 Å². The molecule has 2 fully saturated rings. The number of hydrogen-bond acceptors (Lipinski definition) is 0. The zero-order valence-corrected chi connectivity index (χ0v) is 9.56.